The van der Waals surface area contributed by atoms with Crippen LogP contribution >= 0.6 is 47.3 Å². The second-order valence-corrected chi connectivity index (χ2v) is 15.1. The van der Waals surface area contributed by atoms with Crippen molar-refractivity contribution in [3.8, 4) is 11.5 Å². The van der Waals surface area contributed by atoms with E-state index in [2.05, 4.69) is 47.3 Å². The number of hydrogen-bond acceptors (Lipinski definition) is 8. The molecule has 0 radical (unpaired) electrons. The summed E-state index contributed by atoms with van der Waals surface area (Å²) in [4.78, 5) is 43.4. The Bertz CT molecular complexity index is 1210. The van der Waals surface area contributed by atoms with Gasteiger partial charge in [-0.05, 0) is 62.8 Å². The SMILES string of the molecule is BrB(Br)Br.CC(=O)C1(c2ccc(O)c([N+](=O)[O-])c2)CC1.COc1ccc(C2(C(C)=O)CC2)cc1[N+](=O)[O-]. The molecule has 0 aliphatic heterocycles. The number of carbonyl (C=O) groups is 2. The number of Topliss-reactive ketones (excluding diaryl/α,β-unsaturated/α-hetero) is 2. The molecule has 2 aromatic rings. The van der Waals surface area contributed by atoms with Gasteiger partial charge in [0.25, 0.3) is 0 Å². The smallest absolute Gasteiger partial charge is 0.369 e. The van der Waals surface area contributed by atoms with Crippen LogP contribution in [0.5, 0.6) is 11.5 Å². The van der Waals surface area contributed by atoms with Gasteiger partial charge in [-0.1, -0.05) is 12.1 Å². The first-order chi connectivity index (χ1) is 17.2. The number of ether oxygens (including phenoxy) is 1. The largest absolute Gasteiger partial charge is 0.502 e. The Balaban J connectivity index is 0.000000228. The Kier molecular flexibility index (Phi) is 10.4. The molecule has 37 heavy (non-hydrogen) atoms. The lowest BCUT2D eigenvalue weighted by Gasteiger charge is -2.12. The maximum atomic E-state index is 11.6. The molecule has 2 saturated carbocycles. The van der Waals surface area contributed by atoms with E-state index in [0.717, 1.165) is 31.2 Å². The van der Waals surface area contributed by atoms with Gasteiger partial charge in [0.05, 0.1) is 27.8 Å². The van der Waals surface area contributed by atoms with Gasteiger partial charge in [-0.3, -0.25) is 29.8 Å². The summed E-state index contributed by atoms with van der Waals surface area (Å²) < 4.78 is 5.20. The molecule has 0 spiro atoms. The highest BCUT2D eigenvalue weighted by Crippen LogP contribution is 2.51. The first kappa shape index (κ1) is 30.9. The average Bonchev–Trinajstić information content (AvgIpc) is 3.73. The number of nitro groups is 2. The number of nitro benzene ring substituents is 2. The van der Waals surface area contributed by atoms with Gasteiger partial charge in [0.1, 0.15) is 11.6 Å². The van der Waals surface area contributed by atoms with Crippen molar-refractivity contribution >= 4 is 73.4 Å². The van der Waals surface area contributed by atoms with Crippen LogP contribution in [0.25, 0.3) is 0 Å². The van der Waals surface area contributed by atoms with E-state index in [4.69, 9.17) is 4.74 Å². The fraction of sp³-hybridized carbons (Fsp3) is 0.391. The monoisotopic (exact) mass is 704 g/mol. The zero-order chi connectivity index (χ0) is 28.1. The summed E-state index contributed by atoms with van der Waals surface area (Å²) in [5.41, 5.74) is -0.111. The molecule has 4 rings (SSSR count). The van der Waals surface area contributed by atoms with E-state index in [1.54, 1.807) is 18.2 Å². The minimum atomic E-state index is -0.644. The van der Waals surface area contributed by atoms with Gasteiger partial charge >= 0.3 is 14.6 Å². The number of rotatable bonds is 7. The lowest BCUT2D eigenvalue weighted by atomic mass is 9.91. The molecule has 0 bridgehead atoms. The molecule has 0 saturated heterocycles. The third-order valence-corrected chi connectivity index (χ3v) is 6.50. The van der Waals surface area contributed by atoms with E-state index in [9.17, 15) is 34.9 Å². The van der Waals surface area contributed by atoms with Crippen molar-refractivity contribution in [2.24, 2.45) is 0 Å². The van der Waals surface area contributed by atoms with E-state index in [0.29, 0.717) is 5.56 Å². The summed E-state index contributed by atoms with van der Waals surface area (Å²) in [5.74, 6) is -0.0596. The van der Waals surface area contributed by atoms with Crippen LogP contribution in [0.4, 0.5) is 11.4 Å². The van der Waals surface area contributed by atoms with Crippen LogP contribution in [-0.4, -0.2) is 36.8 Å². The first-order valence-electron chi connectivity index (χ1n) is 11.0. The third-order valence-electron chi connectivity index (χ3n) is 6.50. The fourth-order valence-corrected chi connectivity index (χ4v) is 4.04. The van der Waals surface area contributed by atoms with Crippen LogP contribution in [0.3, 0.4) is 0 Å². The minimum Gasteiger partial charge on any atom is -0.502 e. The molecule has 0 atom stereocenters. The molecular formula is C23H24BBr3N2O8. The second-order valence-electron chi connectivity index (χ2n) is 8.63. The zero-order valence-corrected chi connectivity index (χ0v) is 25.0. The highest BCUT2D eigenvalue weighted by molar-refractivity contribution is 9.69. The second kappa shape index (κ2) is 12.5. The van der Waals surface area contributed by atoms with Crippen molar-refractivity contribution in [3.05, 3.63) is 67.8 Å². The number of hydrogen-bond donors (Lipinski definition) is 1. The average molecular weight is 707 g/mol. The molecule has 198 valence electrons. The predicted molar refractivity (Wildman–Crippen MR) is 150 cm³/mol. The molecule has 2 fully saturated rings. The molecule has 0 amide bonds. The highest BCUT2D eigenvalue weighted by atomic mass is 79.9. The van der Waals surface area contributed by atoms with Crippen LogP contribution in [0.2, 0.25) is 0 Å². The Morgan fingerprint density at radius 3 is 1.57 bits per heavy atom. The molecule has 2 aliphatic carbocycles. The molecule has 0 heterocycles. The number of benzene rings is 2. The molecule has 1 N–H and O–H groups in total. The van der Waals surface area contributed by atoms with Crippen LogP contribution in [-0.2, 0) is 20.4 Å². The van der Waals surface area contributed by atoms with E-state index < -0.39 is 20.7 Å². The summed E-state index contributed by atoms with van der Waals surface area (Å²) in [7, 11) is 1.39. The van der Waals surface area contributed by atoms with Crippen LogP contribution in [0.15, 0.2) is 36.4 Å². The number of ketones is 2. The normalized spacial score (nSPS) is 15.5. The molecular weight excluding hydrogens is 683 g/mol. The van der Waals surface area contributed by atoms with Crippen molar-refractivity contribution < 1.29 is 29.3 Å². The van der Waals surface area contributed by atoms with Crippen molar-refractivity contribution in [2.45, 2.75) is 50.4 Å². The molecule has 2 aliphatic rings. The Labute approximate surface area is 238 Å². The van der Waals surface area contributed by atoms with Crippen molar-refractivity contribution in [1.29, 1.82) is 0 Å². The van der Waals surface area contributed by atoms with E-state index >= 15 is 0 Å². The van der Waals surface area contributed by atoms with Crippen molar-refractivity contribution in [2.75, 3.05) is 7.11 Å². The summed E-state index contributed by atoms with van der Waals surface area (Å²) in [6, 6.07) is 8.89. The molecule has 10 nitrogen and oxygen atoms in total. The summed E-state index contributed by atoms with van der Waals surface area (Å²) in [6.45, 7) is 3.02. The first-order valence-corrected chi connectivity index (χ1v) is 13.7. The lowest BCUT2D eigenvalue weighted by Crippen LogP contribution is -2.17. The van der Waals surface area contributed by atoms with Gasteiger partial charge < -0.3 is 9.84 Å². The Hall–Kier alpha value is -2.32. The number of methoxy groups -OCH3 is 1. The number of halogens is 3. The van der Waals surface area contributed by atoms with Gasteiger partial charge in [0.15, 0.2) is 11.5 Å². The lowest BCUT2D eigenvalue weighted by molar-refractivity contribution is -0.386. The van der Waals surface area contributed by atoms with Crippen LogP contribution < -0.4 is 4.74 Å². The van der Waals surface area contributed by atoms with Crippen molar-refractivity contribution in [1.82, 2.24) is 0 Å². The van der Waals surface area contributed by atoms with Gasteiger partial charge in [0, 0.05) is 12.1 Å². The van der Waals surface area contributed by atoms with E-state index in [1.165, 1.54) is 39.2 Å². The third kappa shape index (κ3) is 7.38. The topological polar surface area (TPSA) is 150 Å². The van der Waals surface area contributed by atoms with Gasteiger partial charge in [0.2, 0.25) is 0 Å². The number of phenols is 1. The van der Waals surface area contributed by atoms with Crippen LogP contribution in [0, 0.1) is 20.2 Å². The zero-order valence-electron chi connectivity index (χ0n) is 20.2. The van der Waals surface area contributed by atoms with Crippen LogP contribution in [0.1, 0.15) is 50.7 Å². The summed E-state index contributed by atoms with van der Waals surface area (Å²) in [5, 5.41) is 30.8. The molecule has 0 aromatic heterocycles. The quantitative estimate of drug-likeness (QED) is 0.200. The van der Waals surface area contributed by atoms with Gasteiger partial charge in [-0.2, -0.15) is 0 Å². The van der Waals surface area contributed by atoms with Gasteiger partial charge in [-0.25, -0.2) is 0 Å². The predicted octanol–water partition coefficient (Wildman–Crippen LogP) is 6.30. The van der Waals surface area contributed by atoms with E-state index in [1.807, 2.05) is 0 Å². The standard InChI is InChI=1S/C12H13NO4.C11H11NO4.BBr3/c1-8(14)12(5-6-12)9-3-4-11(17-2)10(7-9)13(15)16;1-7(13)11(4-5-11)8-2-3-10(14)9(6-8)12(15)16;2-1(3)4/h3-4,7H,5-6H2,1-2H3;2-3,6,14H,4-5H2,1H3;. The minimum absolute atomic E-state index is 0.0208. The maximum absolute atomic E-state index is 11.6. The number of phenolic OH excluding ortho intramolecular Hbond substituents is 1. The summed E-state index contributed by atoms with van der Waals surface area (Å²) >= 11 is 9.31. The van der Waals surface area contributed by atoms with E-state index in [-0.39, 0.29) is 37.6 Å². The van der Waals surface area contributed by atoms with Gasteiger partial charge in [-0.15, -0.1) is 47.3 Å². The molecule has 2 aromatic carbocycles. The number of aromatic hydroxyl groups is 1. The Morgan fingerprint density at radius 1 is 0.865 bits per heavy atom. The highest BCUT2D eigenvalue weighted by Gasteiger charge is 2.50. The van der Waals surface area contributed by atoms with Crippen molar-refractivity contribution in [3.63, 3.8) is 0 Å². The summed E-state index contributed by atoms with van der Waals surface area (Å²) in [6.07, 6.45) is 2.99. The molecule has 0 unspecified atom stereocenters. The number of nitrogens with zero attached hydrogens (tertiary/aromatic N) is 2. The Morgan fingerprint density at radius 2 is 1.24 bits per heavy atom. The molecule has 14 heteroatoms. The fourth-order valence-electron chi connectivity index (χ4n) is 4.04. The number of carbonyl (C=O) groups excluding carboxylic acids is 2. The maximum Gasteiger partial charge on any atom is 0.369 e.